The molecule has 0 amide bonds. The Kier molecular flexibility index (Phi) is 19.2. The van der Waals surface area contributed by atoms with Gasteiger partial charge >= 0.3 is 7.82 Å². The molecule has 0 radical (unpaired) electrons. The molecule has 0 spiro atoms. The quantitative estimate of drug-likeness (QED) is 0.0586. The van der Waals surface area contributed by atoms with Crippen LogP contribution in [0.25, 0.3) is 11.2 Å². The van der Waals surface area contributed by atoms with Crippen LogP contribution in [-0.4, -0.2) is 56.7 Å². The monoisotopic (exact) mass is 683 g/mol. The first-order valence-electron chi connectivity index (χ1n) is 18.5. The van der Waals surface area contributed by atoms with Crippen molar-refractivity contribution in [2.45, 2.75) is 167 Å². The summed E-state index contributed by atoms with van der Waals surface area (Å²) >= 11 is 0. The highest BCUT2D eigenvalue weighted by Gasteiger charge is 2.38. The van der Waals surface area contributed by atoms with E-state index in [4.69, 9.17) is 24.0 Å². The predicted molar refractivity (Wildman–Crippen MR) is 186 cm³/mol. The van der Waals surface area contributed by atoms with Gasteiger partial charge in [0.25, 0.3) is 5.56 Å². The molecule has 1 aliphatic heterocycles. The van der Waals surface area contributed by atoms with Crippen molar-refractivity contribution < 1.29 is 28.0 Å². The zero-order valence-corrected chi connectivity index (χ0v) is 29.9. The van der Waals surface area contributed by atoms with Crippen LogP contribution in [0.5, 0.6) is 0 Å². The number of aromatic amines is 1. The fourth-order valence-electron chi connectivity index (χ4n) is 6.00. The topological polar surface area (TPSA) is 164 Å². The first-order chi connectivity index (χ1) is 22.9. The lowest BCUT2D eigenvalue weighted by atomic mass is 10.1. The van der Waals surface area contributed by atoms with Crippen molar-refractivity contribution in [1.82, 2.24) is 19.5 Å². The SMILES string of the molecule is CCCCCCCCCCCCOP(=O)(OCCCCCCCCCCCC)OC[C@H]1O[C@@H](n2cnc3c(=O)[nH]c(N)nc32)C[C@@H]1O. The summed E-state index contributed by atoms with van der Waals surface area (Å²) in [5.74, 6) is -0.0391. The number of aromatic nitrogens is 4. The number of imidazole rings is 1. The van der Waals surface area contributed by atoms with E-state index in [0.717, 1.165) is 38.5 Å². The molecule has 0 aliphatic carbocycles. The van der Waals surface area contributed by atoms with E-state index >= 15 is 0 Å². The Morgan fingerprint density at radius 1 is 0.851 bits per heavy atom. The molecule has 3 rings (SSSR count). The van der Waals surface area contributed by atoms with Gasteiger partial charge in [-0.2, -0.15) is 4.98 Å². The lowest BCUT2D eigenvalue weighted by molar-refractivity contribution is -0.0457. The number of unbranched alkanes of at least 4 members (excludes halogenated alkanes) is 18. The van der Waals surface area contributed by atoms with Gasteiger partial charge in [-0.05, 0) is 12.8 Å². The number of nitrogens with two attached hydrogens (primary N) is 1. The molecule has 0 aromatic carbocycles. The second kappa shape index (κ2) is 22.7. The van der Waals surface area contributed by atoms with Crippen molar-refractivity contribution in [3.8, 4) is 0 Å². The highest BCUT2D eigenvalue weighted by Crippen LogP contribution is 2.50. The molecule has 0 bridgehead atoms. The molecule has 1 aliphatic rings. The number of aliphatic hydroxyl groups is 1. The van der Waals surface area contributed by atoms with Gasteiger partial charge in [-0.25, -0.2) is 9.55 Å². The van der Waals surface area contributed by atoms with Crippen LogP contribution in [0.4, 0.5) is 5.95 Å². The minimum atomic E-state index is -3.87. The van der Waals surface area contributed by atoms with Gasteiger partial charge in [0.05, 0.1) is 32.3 Å². The number of nitrogens with zero attached hydrogens (tertiary/aromatic N) is 3. The molecule has 0 saturated carbocycles. The summed E-state index contributed by atoms with van der Waals surface area (Å²) in [5, 5.41) is 10.8. The number of phosphoric ester groups is 1. The summed E-state index contributed by atoms with van der Waals surface area (Å²) in [6, 6.07) is 0. The summed E-state index contributed by atoms with van der Waals surface area (Å²) < 4.78 is 38.6. The highest BCUT2D eigenvalue weighted by atomic mass is 31.2. The van der Waals surface area contributed by atoms with Crippen LogP contribution in [0.15, 0.2) is 11.1 Å². The molecule has 2 aromatic rings. The first kappa shape index (κ1) is 39.6. The van der Waals surface area contributed by atoms with E-state index in [-0.39, 0.29) is 43.4 Å². The van der Waals surface area contributed by atoms with Crippen LogP contribution in [0.1, 0.15) is 155 Å². The minimum absolute atomic E-state index is 0.0391. The average Bonchev–Trinajstić information content (AvgIpc) is 3.64. The van der Waals surface area contributed by atoms with E-state index in [9.17, 15) is 14.5 Å². The molecule has 12 nitrogen and oxygen atoms in total. The molecule has 0 unspecified atom stereocenters. The number of anilines is 1. The van der Waals surface area contributed by atoms with Gasteiger partial charge in [-0.3, -0.25) is 27.9 Å². The molecule has 1 saturated heterocycles. The molecule has 270 valence electrons. The summed E-state index contributed by atoms with van der Waals surface area (Å²) in [7, 11) is -3.87. The van der Waals surface area contributed by atoms with Crippen LogP contribution in [0, 0.1) is 0 Å². The molecule has 2 aromatic heterocycles. The number of hydrogen-bond acceptors (Lipinski definition) is 10. The van der Waals surface area contributed by atoms with Crippen molar-refractivity contribution >= 4 is 24.9 Å². The lowest BCUT2D eigenvalue weighted by Gasteiger charge is -2.21. The molecule has 3 atom stereocenters. The average molecular weight is 684 g/mol. The lowest BCUT2D eigenvalue weighted by Crippen LogP contribution is -2.26. The second-order valence-electron chi connectivity index (χ2n) is 13.0. The highest BCUT2D eigenvalue weighted by molar-refractivity contribution is 7.48. The third-order valence-corrected chi connectivity index (χ3v) is 10.3. The van der Waals surface area contributed by atoms with Crippen LogP contribution in [0.2, 0.25) is 0 Å². The van der Waals surface area contributed by atoms with Gasteiger partial charge in [0.15, 0.2) is 11.2 Å². The third kappa shape index (κ3) is 14.7. The number of nitrogens with one attached hydrogen (secondary N) is 1. The van der Waals surface area contributed by atoms with E-state index in [2.05, 4.69) is 28.8 Å². The number of H-pyrrole nitrogens is 1. The molecule has 47 heavy (non-hydrogen) atoms. The molecule has 3 heterocycles. The largest absolute Gasteiger partial charge is 0.474 e. The predicted octanol–water partition coefficient (Wildman–Crippen LogP) is 8.35. The molecule has 13 heteroatoms. The third-order valence-electron chi connectivity index (χ3n) is 8.86. The maximum atomic E-state index is 13.7. The Hall–Kier alpha value is -1.82. The maximum Gasteiger partial charge on any atom is 0.474 e. The Bertz CT molecular complexity index is 1200. The van der Waals surface area contributed by atoms with E-state index in [1.54, 1.807) is 4.57 Å². The van der Waals surface area contributed by atoms with E-state index in [1.165, 1.54) is 96.2 Å². The Morgan fingerprint density at radius 2 is 1.34 bits per heavy atom. The fourth-order valence-corrected chi connectivity index (χ4v) is 7.26. The van der Waals surface area contributed by atoms with Gasteiger partial charge in [0.1, 0.15) is 12.3 Å². The maximum absolute atomic E-state index is 13.7. The van der Waals surface area contributed by atoms with Gasteiger partial charge in [0.2, 0.25) is 5.95 Å². The summed E-state index contributed by atoms with van der Waals surface area (Å²) in [5.41, 5.74) is 5.66. The van der Waals surface area contributed by atoms with E-state index in [0.29, 0.717) is 0 Å². The van der Waals surface area contributed by atoms with Crippen LogP contribution >= 0.6 is 7.82 Å². The number of hydrogen-bond donors (Lipinski definition) is 3. The second-order valence-corrected chi connectivity index (χ2v) is 14.6. The van der Waals surface area contributed by atoms with E-state index in [1.807, 2.05) is 0 Å². The van der Waals surface area contributed by atoms with Crippen LogP contribution < -0.4 is 11.3 Å². The van der Waals surface area contributed by atoms with Crippen molar-refractivity contribution in [1.29, 1.82) is 0 Å². The number of aliphatic hydroxyl groups excluding tert-OH is 1. The van der Waals surface area contributed by atoms with Gasteiger partial charge in [-0.1, -0.05) is 129 Å². The zero-order valence-electron chi connectivity index (χ0n) is 29.0. The van der Waals surface area contributed by atoms with Gasteiger partial charge in [0, 0.05) is 6.42 Å². The number of phosphoric acid groups is 1. The molecular formula is C34H62N5O7P. The zero-order chi connectivity index (χ0) is 33.7. The summed E-state index contributed by atoms with van der Waals surface area (Å²) in [6.07, 6.45) is 23.1. The number of nitrogen functional groups attached to an aromatic ring is 1. The standard InChI is InChI=1S/C34H62N5O7P/c1-3-5-7-9-11-13-15-17-19-21-23-43-47(42,44-24-22-20-18-16-14-12-10-8-6-4-2)45-26-29-28(40)25-30(46-29)39-27-36-31-32(39)37-34(35)38-33(31)41/h27-30,40H,3-26H2,1-2H3,(H3,35,37,38,41)/t28-,29+,30+/m0/s1. The smallest absolute Gasteiger partial charge is 0.390 e. The van der Waals surface area contributed by atoms with Crippen LogP contribution in [-0.2, 0) is 22.9 Å². The van der Waals surface area contributed by atoms with Crippen molar-refractivity contribution in [2.24, 2.45) is 0 Å². The summed E-state index contributed by atoms with van der Waals surface area (Å²) in [4.78, 5) is 22.9. The number of rotatable bonds is 28. The van der Waals surface area contributed by atoms with Gasteiger partial charge < -0.3 is 15.6 Å². The van der Waals surface area contributed by atoms with Gasteiger partial charge in [-0.15, -0.1) is 0 Å². The van der Waals surface area contributed by atoms with Crippen molar-refractivity contribution in [3.05, 3.63) is 16.7 Å². The Labute approximate surface area is 281 Å². The van der Waals surface area contributed by atoms with E-state index < -0.39 is 31.8 Å². The first-order valence-corrected chi connectivity index (χ1v) is 19.9. The fraction of sp³-hybridized carbons (Fsp3) is 0.853. The number of fused-ring (bicyclic) bond motifs is 1. The number of ether oxygens (including phenoxy) is 1. The molecule has 4 N–H and O–H groups in total. The van der Waals surface area contributed by atoms with Crippen molar-refractivity contribution in [2.75, 3.05) is 25.6 Å². The van der Waals surface area contributed by atoms with Crippen molar-refractivity contribution in [3.63, 3.8) is 0 Å². The summed E-state index contributed by atoms with van der Waals surface area (Å²) in [6.45, 7) is 4.87. The molecule has 1 fully saturated rings. The molecular weight excluding hydrogens is 621 g/mol. The Morgan fingerprint density at radius 3 is 1.85 bits per heavy atom. The minimum Gasteiger partial charge on any atom is -0.390 e. The normalized spacial score (nSPS) is 18.5. The van der Waals surface area contributed by atoms with Crippen LogP contribution in [0.3, 0.4) is 0 Å². The Balaban J connectivity index is 1.44.